The van der Waals surface area contributed by atoms with Crippen LogP contribution in [-0.4, -0.2) is 34.2 Å². The zero-order chi connectivity index (χ0) is 21.1. The molecule has 3 aromatic rings. The molecule has 6 nitrogen and oxygen atoms in total. The van der Waals surface area contributed by atoms with Crippen LogP contribution in [0.1, 0.15) is 39.6 Å². The van der Waals surface area contributed by atoms with Crippen LogP contribution >= 0.6 is 0 Å². The van der Waals surface area contributed by atoms with E-state index in [1.54, 1.807) is 24.3 Å². The lowest BCUT2D eigenvalue weighted by Crippen LogP contribution is -2.31. The molecule has 1 aliphatic heterocycles. The zero-order valence-corrected chi connectivity index (χ0v) is 16.8. The Morgan fingerprint density at radius 1 is 0.867 bits per heavy atom. The van der Waals surface area contributed by atoms with Crippen molar-refractivity contribution in [2.45, 2.75) is 26.3 Å². The van der Waals surface area contributed by atoms with Crippen molar-refractivity contribution in [3.05, 3.63) is 77.6 Å². The Balaban J connectivity index is 1.46. The number of anilines is 1. The summed E-state index contributed by atoms with van der Waals surface area (Å²) in [5, 5.41) is 2.76. The second-order valence-corrected chi connectivity index (χ2v) is 7.30. The van der Waals surface area contributed by atoms with Gasteiger partial charge in [-0.05, 0) is 36.1 Å². The first kappa shape index (κ1) is 19.6. The highest BCUT2D eigenvalue weighted by molar-refractivity contribution is 6.21. The van der Waals surface area contributed by atoms with Crippen LogP contribution in [-0.2, 0) is 17.8 Å². The van der Waals surface area contributed by atoms with Crippen molar-refractivity contribution in [3.63, 3.8) is 0 Å². The largest absolute Gasteiger partial charge is 0.351 e. The summed E-state index contributed by atoms with van der Waals surface area (Å²) < 4.78 is 1.98. The van der Waals surface area contributed by atoms with E-state index < -0.39 is 0 Å². The van der Waals surface area contributed by atoms with Crippen molar-refractivity contribution < 1.29 is 14.4 Å². The number of rotatable bonds is 8. The number of hydrogen-bond donors (Lipinski definition) is 1. The molecule has 0 saturated heterocycles. The SMILES string of the molecule is CCc1ccc(-c2cn(CCCN3C(=O)c4ccccc4C3=O)cc2NC=O)cc1. The topological polar surface area (TPSA) is 71.4 Å². The van der Waals surface area contributed by atoms with Gasteiger partial charge in [-0.3, -0.25) is 19.3 Å². The molecular weight excluding hydrogens is 378 g/mol. The Morgan fingerprint density at radius 2 is 1.53 bits per heavy atom. The van der Waals surface area contributed by atoms with Crippen LogP contribution in [0.25, 0.3) is 11.1 Å². The molecule has 3 amide bonds. The molecule has 30 heavy (non-hydrogen) atoms. The Morgan fingerprint density at radius 3 is 2.13 bits per heavy atom. The van der Waals surface area contributed by atoms with Crippen molar-refractivity contribution in [2.24, 2.45) is 0 Å². The molecule has 0 bridgehead atoms. The van der Waals surface area contributed by atoms with Gasteiger partial charge >= 0.3 is 0 Å². The van der Waals surface area contributed by atoms with Gasteiger partial charge in [0.05, 0.1) is 16.8 Å². The summed E-state index contributed by atoms with van der Waals surface area (Å²) >= 11 is 0. The van der Waals surface area contributed by atoms with Crippen molar-refractivity contribution in [2.75, 3.05) is 11.9 Å². The Hall–Kier alpha value is -3.67. The van der Waals surface area contributed by atoms with Crippen molar-refractivity contribution >= 4 is 23.9 Å². The molecule has 4 rings (SSSR count). The lowest BCUT2D eigenvalue weighted by Gasteiger charge is -2.13. The maximum absolute atomic E-state index is 12.5. The highest BCUT2D eigenvalue weighted by Gasteiger charge is 2.34. The number of carbonyl (C=O) groups excluding carboxylic acids is 3. The minimum atomic E-state index is -0.233. The summed E-state index contributed by atoms with van der Waals surface area (Å²) in [7, 11) is 0. The molecule has 0 atom stereocenters. The number of benzene rings is 2. The quantitative estimate of drug-likeness (QED) is 0.459. The predicted octanol–water partition coefficient (Wildman–Crippen LogP) is 3.97. The highest BCUT2D eigenvalue weighted by atomic mass is 16.2. The lowest BCUT2D eigenvalue weighted by atomic mass is 10.0. The molecule has 0 radical (unpaired) electrons. The second-order valence-electron chi connectivity index (χ2n) is 7.30. The number of amides is 3. The molecule has 0 fully saturated rings. The second kappa shape index (κ2) is 8.37. The average Bonchev–Trinajstić information content (AvgIpc) is 3.28. The number of carbonyl (C=O) groups is 3. The van der Waals surface area contributed by atoms with Gasteiger partial charge < -0.3 is 9.88 Å². The van der Waals surface area contributed by atoms with E-state index in [0.717, 1.165) is 23.2 Å². The maximum atomic E-state index is 12.5. The maximum Gasteiger partial charge on any atom is 0.261 e. The van der Waals surface area contributed by atoms with Crippen LogP contribution in [0.15, 0.2) is 60.9 Å². The molecule has 1 aromatic heterocycles. The fourth-order valence-corrected chi connectivity index (χ4v) is 3.82. The molecular formula is C24H23N3O3. The lowest BCUT2D eigenvalue weighted by molar-refractivity contribution is -0.105. The molecule has 0 saturated carbocycles. The summed E-state index contributed by atoms with van der Waals surface area (Å²) in [5.41, 5.74) is 4.89. The Labute approximate surface area is 175 Å². The number of aromatic nitrogens is 1. The van der Waals surface area contributed by atoms with Gasteiger partial charge in [-0.2, -0.15) is 0 Å². The van der Waals surface area contributed by atoms with Gasteiger partial charge in [0.2, 0.25) is 6.41 Å². The van der Waals surface area contributed by atoms with Crippen LogP contribution in [0.4, 0.5) is 5.69 Å². The van der Waals surface area contributed by atoms with Crippen LogP contribution in [0.2, 0.25) is 0 Å². The molecule has 0 spiro atoms. The number of imide groups is 1. The van der Waals surface area contributed by atoms with Gasteiger partial charge in [-0.1, -0.05) is 43.3 Å². The third-order valence-electron chi connectivity index (χ3n) is 5.44. The summed E-state index contributed by atoms with van der Waals surface area (Å²) in [6.07, 6.45) is 6.12. The van der Waals surface area contributed by atoms with E-state index in [4.69, 9.17) is 0 Å². The average molecular weight is 401 g/mol. The van der Waals surface area contributed by atoms with E-state index in [-0.39, 0.29) is 11.8 Å². The number of nitrogens with one attached hydrogen (secondary N) is 1. The number of nitrogens with zero attached hydrogens (tertiary/aromatic N) is 2. The summed E-state index contributed by atoms with van der Waals surface area (Å²) in [6.45, 7) is 3.08. The molecule has 2 aromatic carbocycles. The summed E-state index contributed by atoms with van der Waals surface area (Å²) in [4.78, 5) is 37.3. The smallest absolute Gasteiger partial charge is 0.261 e. The summed E-state index contributed by atoms with van der Waals surface area (Å²) in [5.74, 6) is -0.466. The molecule has 152 valence electrons. The minimum absolute atomic E-state index is 0.233. The van der Waals surface area contributed by atoms with Crippen LogP contribution < -0.4 is 5.32 Å². The fraction of sp³-hybridized carbons (Fsp3) is 0.208. The van der Waals surface area contributed by atoms with Crippen LogP contribution in [0.5, 0.6) is 0 Å². The number of fused-ring (bicyclic) bond motifs is 1. The van der Waals surface area contributed by atoms with Gasteiger partial charge in [0.15, 0.2) is 0 Å². The molecule has 1 N–H and O–H groups in total. The standard InChI is InChI=1S/C24H23N3O3/c1-2-17-8-10-18(11-9-17)21-14-26(15-22(21)25-16-28)12-5-13-27-23(29)19-6-3-4-7-20(19)24(27)30/h3-4,6-11,14-16H,2,5,12-13H2,1H3,(H,25,28). The van der Waals surface area contributed by atoms with E-state index in [0.29, 0.717) is 37.0 Å². The van der Waals surface area contributed by atoms with Crippen LogP contribution in [0.3, 0.4) is 0 Å². The van der Waals surface area contributed by atoms with E-state index >= 15 is 0 Å². The van der Waals surface area contributed by atoms with E-state index in [1.807, 2.05) is 29.1 Å². The minimum Gasteiger partial charge on any atom is -0.351 e. The first-order chi connectivity index (χ1) is 14.6. The first-order valence-corrected chi connectivity index (χ1v) is 10.1. The van der Waals surface area contributed by atoms with Gasteiger partial charge in [0.25, 0.3) is 11.8 Å². The normalized spacial score (nSPS) is 12.9. The third-order valence-corrected chi connectivity index (χ3v) is 5.44. The summed E-state index contributed by atoms with van der Waals surface area (Å²) in [6, 6.07) is 15.2. The van der Waals surface area contributed by atoms with E-state index in [9.17, 15) is 14.4 Å². The van der Waals surface area contributed by atoms with Gasteiger partial charge in [-0.15, -0.1) is 0 Å². The Kier molecular flexibility index (Phi) is 5.48. The van der Waals surface area contributed by atoms with Gasteiger partial charge in [0.1, 0.15) is 0 Å². The molecule has 1 aliphatic rings. The molecule has 0 aliphatic carbocycles. The number of hydrogen-bond acceptors (Lipinski definition) is 3. The van der Waals surface area contributed by atoms with E-state index in [2.05, 4.69) is 24.4 Å². The monoisotopic (exact) mass is 401 g/mol. The van der Waals surface area contributed by atoms with Gasteiger partial charge in [0, 0.05) is 31.0 Å². The molecule has 2 heterocycles. The van der Waals surface area contributed by atoms with Gasteiger partial charge in [-0.25, -0.2) is 0 Å². The van der Waals surface area contributed by atoms with Crippen LogP contribution in [0, 0.1) is 0 Å². The molecule has 0 unspecified atom stereocenters. The van der Waals surface area contributed by atoms with Crippen molar-refractivity contribution in [1.82, 2.24) is 9.47 Å². The van der Waals surface area contributed by atoms with E-state index in [1.165, 1.54) is 10.5 Å². The highest BCUT2D eigenvalue weighted by Crippen LogP contribution is 2.30. The first-order valence-electron chi connectivity index (χ1n) is 10.1. The van der Waals surface area contributed by atoms with Crippen molar-refractivity contribution in [1.29, 1.82) is 0 Å². The third kappa shape index (κ3) is 3.64. The Bertz CT molecular complexity index is 1060. The zero-order valence-electron chi connectivity index (χ0n) is 16.8. The fourth-order valence-electron chi connectivity index (χ4n) is 3.82. The van der Waals surface area contributed by atoms with Crippen molar-refractivity contribution in [3.8, 4) is 11.1 Å². The predicted molar refractivity (Wildman–Crippen MR) is 115 cm³/mol. The molecule has 6 heteroatoms. The number of aryl methyl sites for hydroxylation is 2.